The molecule has 0 aliphatic heterocycles. The molecule has 1 heteroatoms. The second-order valence-corrected chi connectivity index (χ2v) is 2.55. The van der Waals surface area contributed by atoms with Crippen molar-refractivity contribution in [1.29, 1.82) is 0 Å². The maximum absolute atomic E-state index is 12.5. The molecule has 0 aliphatic rings. The van der Waals surface area contributed by atoms with Crippen LogP contribution < -0.4 is 0 Å². The standard InChI is InChI=1S/C7H15F.C2H6/c1-4-5-7(8)6(2)3;1-2/h6-7H,4-5H2,1-3H3;1-2H3. The van der Waals surface area contributed by atoms with Gasteiger partial charge in [-0.25, -0.2) is 4.39 Å². The van der Waals surface area contributed by atoms with Crippen molar-refractivity contribution in [1.82, 2.24) is 0 Å². The fourth-order valence-corrected chi connectivity index (χ4v) is 0.609. The molecule has 0 aromatic rings. The maximum atomic E-state index is 12.5. The Hall–Kier alpha value is -0.0700. The van der Waals surface area contributed by atoms with E-state index >= 15 is 0 Å². The van der Waals surface area contributed by atoms with Gasteiger partial charge in [-0.05, 0) is 12.3 Å². The monoisotopic (exact) mass is 148 g/mol. The van der Waals surface area contributed by atoms with Crippen LogP contribution in [0.1, 0.15) is 47.5 Å². The second-order valence-electron chi connectivity index (χ2n) is 2.55. The lowest BCUT2D eigenvalue weighted by molar-refractivity contribution is 0.239. The molecule has 0 bridgehead atoms. The average molecular weight is 148 g/mol. The summed E-state index contributed by atoms with van der Waals surface area (Å²) in [5.74, 6) is 0.204. The third kappa shape index (κ3) is 7.93. The first-order valence-electron chi connectivity index (χ1n) is 4.32. The van der Waals surface area contributed by atoms with Crippen LogP contribution in [0, 0.1) is 5.92 Å². The summed E-state index contributed by atoms with van der Waals surface area (Å²) in [7, 11) is 0. The molecule has 0 radical (unpaired) electrons. The van der Waals surface area contributed by atoms with Crippen molar-refractivity contribution in [3.63, 3.8) is 0 Å². The molecular formula is C9H21F. The Morgan fingerprint density at radius 3 is 1.70 bits per heavy atom. The molecule has 0 aromatic carbocycles. The number of hydrogen-bond donors (Lipinski definition) is 0. The summed E-state index contributed by atoms with van der Waals surface area (Å²) in [6.07, 6.45) is 1.09. The molecule has 0 amide bonds. The van der Waals surface area contributed by atoms with Crippen LogP contribution in [-0.2, 0) is 0 Å². The lowest BCUT2D eigenvalue weighted by Gasteiger charge is -2.08. The van der Waals surface area contributed by atoms with Crippen molar-refractivity contribution in [3.05, 3.63) is 0 Å². The van der Waals surface area contributed by atoms with Crippen LogP contribution in [0.4, 0.5) is 4.39 Å². The van der Waals surface area contributed by atoms with Crippen molar-refractivity contribution in [2.24, 2.45) is 5.92 Å². The molecule has 0 spiro atoms. The van der Waals surface area contributed by atoms with Crippen LogP contribution >= 0.6 is 0 Å². The van der Waals surface area contributed by atoms with Gasteiger partial charge in [0.05, 0.1) is 0 Å². The Morgan fingerprint density at radius 2 is 1.60 bits per heavy atom. The van der Waals surface area contributed by atoms with E-state index in [0.717, 1.165) is 12.8 Å². The van der Waals surface area contributed by atoms with Gasteiger partial charge in [-0.1, -0.05) is 41.0 Å². The van der Waals surface area contributed by atoms with Gasteiger partial charge >= 0.3 is 0 Å². The topological polar surface area (TPSA) is 0 Å². The quantitative estimate of drug-likeness (QED) is 0.571. The highest BCUT2D eigenvalue weighted by Gasteiger charge is 2.08. The van der Waals surface area contributed by atoms with Gasteiger partial charge in [0.25, 0.3) is 0 Å². The zero-order valence-electron chi connectivity index (χ0n) is 7.95. The zero-order valence-corrected chi connectivity index (χ0v) is 7.95. The molecule has 1 atom stereocenters. The van der Waals surface area contributed by atoms with Gasteiger partial charge in [-0.3, -0.25) is 0 Å². The van der Waals surface area contributed by atoms with E-state index in [0.29, 0.717) is 0 Å². The van der Waals surface area contributed by atoms with Gasteiger partial charge in [0.1, 0.15) is 6.17 Å². The first-order valence-corrected chi connectivity index (χ1v) is 4.32. The van der Waals surface area contributed by atoms with Crippen LogP contribution in [0.5, 0.6) is 0 Å². The van der Waals surface area contributed by atoms with Gasteiger partial charge in [-0.2, -0.15) is 0 Å². The summed E-state index contributed by atoms with van der Waals surface area (Å²) in [5, 5.41) is 0. The minimum absolute atomic E-state index is 0.204. The highest BCUT2D eigenvalue weighted by atomic mass is 19.1. The summed E-state index contributed by atoms with van der Waals surface area (Å²) < 4.78 is 12.5. The van der Waals surface area contributed by atoms with E-state index in [-0.39, 0.29) is 5.92 Å². The molecule has 10 heavy (non-hydrogen) atoms. The van der Waals surface area contributed by atoms with Crippen LogP contribution in [0.15, 0.2) is 0 Å². The van der Waals surface area contributed by atoms with E-state index in [1.807, 2.05) is 34.6 Å². The third-order valence-electron chi connectivity index (χ3n) is 1.29. The Kier molecular flexibility index (Phi) is 11.2. The first-order chi connectivity index (χ1) is 4.68. The molecule has 64 valence electrons. The first kappa shape index (κ1) is 12.6. The minimum atomic E-state index is -0.583. The average Bonchev–Trinajstić information content (AvgIpc) is 1.93. The SMILES string of the molecule is CC.CCCC(F)C(C)C. The van der Waals surface area contributed by atoms with Crippen LogP contribution in [0.3, 0.4) is 0 Å². The molecule has 0 saturated carbocycles. The Labute approximate surface area is 64.8 Å². The van der Waals surface area contributed by atoms with Gasteiger partial charge in [0.2, 0.25) is 0 Å². The molecule has 0 N–H and O–H groups in total. The molecular weight excluding hydrogens is 127 g/mol. The number of hydrogen-bond acceptors (Lipinski definition) is 0. The lowest BCUT2D eigenvalue weighted by Crippen LogP contribution is -2.07. The summed E-state index contributed by atoms with van der Waals surface area (Å²) in [5.41, 5.74) is 0. The van der Waals surface area contributed by atoms with Crippen LogP contribution in [0.2, 0.25) is 0 Å². The van der Waals surface area contributed by atoms with Gasteiger partial charge in [0.15, 0.2) is 0 Å². The summed E-state index contributed by atoms with van der Waals surface area (Å²) >= 11 is 0. The zero-order chi connectivity index (χ0) is 8.57. The predicted molar refractivity (Wildman–Crippen MR) is 46.0 cm³/mol. The highest BCUT2D eigenvalue weighted by Crippen LogP contribution is 2.11. The smallest absolute Gasteiger partial charge is 0.102 e. The van der Waals surface area contributed by atoms with E-state index in [1.54, 1.807) is 0 Å². The Morgan fingerprint density at radius 1 is 1.20 bits per heavy atom. The predicted octanol–water partition coefficient (Wildman–Crippen LogP) is 3.81. The van der Waals surface area contributed by atoms with E-state index in [1.165, 1.54) is 0 Å². The van der Waals surface area contributed by atoms with Crippen molar-refractivity contribution < 1.29 is 4.39 Å². The van der Waals surface area contributed by atoms with Gasteiger partial charge < -0.3 is 0 Å². The molecule has 0 aromatic heterocycles. The Balaban J connectivity index is 0. The molecule has 0 nitrogen and oxygen atoms in total. The highest BCUT2D eigenvalue weighted by molar-refractivity contribution is 4.57. The molecule has 0 aliphatic carbocycles. The fraction of sp³-hybridized carbons (Fsp3) is 1.00. The maximum Gasteiger partial charge on any atom is 0.102 e. The van der Waals surface area contributed by atoms with Crippen molar-refractivity contribution in [3.8, 4) is 0 Å². The van der Waals surface area contributed by atoms with E-state index in [2.05, 4.69) is 0 Å². The largest absolute Gasteiger partial charge is 0.247 e. The number of alkyl halides is 1. The van der Waals surface area contributed by atoms with E-state index < -0.39 is 6.17 Å². The minimum Gasteiger partial charge on any atom is -0.247 e. The molecule has 0 rings (SSSR count). The van der Waals surface area contributed by atoms with E-state index in [4.69, 9.17) is 0 Å². The molecule has 1 unspecified atom stereocenters. The normalized spacial score (nSPS) is 12.3. The van der Waals surface area contributed by atoms with Crippen molar-refractivity contribution in [2.75, 3.05) is 0 Å². The van der Waals surface area contributed by atoms with Gasteiger partial charge in [0, 0.05) is 0 Å². The summed E-state index contributed by atoms with van der Waals surface area (Å²) in [6.45, 7) is 9.84. The van der Waals surface area contributed by atoms with Crippen molar-refractivity contribution in [2.45, 2.75) is 53.6 Å². The summed E-state index contributed by atoms with van der Waals surface area (Å²) in [4.78, 5) is 0. The Bertz CT molecular complexity index is 50.7. The van der Waals surface area contributed by atoms with Crippen LogP contribution in [-0.4, -0.2) is 6.17 Å². The van der Waals surface area contributed by atoms with E-state index in [9.17, 15) is 4.39 Å². The number of rotatable bonds is 3. The van der Waals surface area contributed by atoms with Crippen molar-refractivity contribution >= 4 is 0 Å². The third-order valence-corrected chi connectivity index (χ3v) is 1.29. The van der Waals surface area contributed by atoms with Crippen LogP contribution in [0.25, 0.3) is 0 Å². The second kappa shape index (κ2) is 8.93. The molecule has 0 saturated heterocycles. The molecule has 0 heterocycles. The molecule has 0 fully saturated rings. The summed E-state index contributed by atoms with van der Waals surface area (Å²) in [6, 6.07) is 0. The fourth-order valence-electron chi connectivity index (χ4n) is 0.609. The van der Waals surface area contributed by atoms with Gasteiger partial charge in [-0.15, -0.1) is 0 Å². The number of halogens is 1. The lowest BCUT2D eigenvalue weighted by atomic mass is 10.1.